The fraction of sp³-hybridized carbons (Fsp3) is 0.125. The molecule has 0 N–H and O–H groups in total. The zero-order valence-corrected chi connectivity index (χ0v) is 5.82. The number of nitriles is 1. The van der Waals surface area contributed by atoms with Gasteiger partial charge >= 0.3 is 0 Å². The average molecular weight is 146 g/mol. The SMILES string of the molecule is N#Cc1ccc2n1C=COC2. The summed E-state index contributed by atoms with van der Waals surface area (Å²) < 4.78 is 6.87. The highest BCUT2D eigenvalue weighted by atomic mass is 16.5. The molecule has 11 heavy (non-hydrogen) atoms. The standard InChI is InChI=1S/C8H6N2O/c9-5-7-1-2-8-6-11-4-3-10(7)8/h1-4H,6H2. The fourth-order valence-corrected chi connectivity index (χ4v) is 1.11. The van der Waals surface area contributed by atoms with Gasteiger partial charge in [-0.25, -0.2) is 0 Å². The van der Waals surface area contributed by atoms with Crippen LogP contribution in [0, 0.1) is 11.3 Å². The molecule has 0 saturated carbocycles. The van der Waals surface area contributed by atoms with Crippen molar-refractivity contribution in [2.75, 3.05) is 0 Å². The summed E-state index contributed by atoms with van der Waals surface area (Å²) in [6.07, 6.45) is 3.34. The van der Waals surface area contributed by atoms with Gasteiger partial charge < -0.3 is 9.30 Å². The van der Waals surface area contributed by atoms with E-state index in [0.29, 0.717) is 12.3 Å². The van der Waals surface area contributed by atoms with Crippen LogP contribution in [0.5, 0.6) is 0 Å². The van der Waals surface area contributed by atoms with Crippen LogP contribution in [0.15, 0.2) is 18.4 Å². The van der Waals surface area contributed by atoms with Gasteiger partial charge in [0.25, 0.3) is 0 Å². The summed E-state index contributed by atoms with van der Waals surface area (Å²) in [5.74, 6) is 0. The predicted octanol–water partition coefficient (Wildman–Crippen LogP) is 1.32. The van der Waals surface area contributed by atoms with Crippen LogP contribution in [-0.2, 0) is 11.3 Å². The van der Waals surface area contributed by atoms with Gasteiger partial charge in [0.05, 0.1) is 5.69 Å². The minimum Gasteiger partial charge on any atom is -0.493 e. The maximum absolute atomic E-state index is 8.64. The third kappa shape index (κ3) is 0.802. The topological polar surface area (TPSA) is 38.0 Å². The maximum atomic E-state index is 8.64. The summed E-state index contributed by atoms with van der Waals surface area (Å²) in [6.45, 7) is 0.554. The third-order valence-corrected chi connectivity index (χ3v) is 1.65. The first kappa shape index (κ1) is 6.05. The van der Waals surface area contributed by atoms with Crippen LogP contribution in [0.3, 0.4) is 0 Å². The molecule has 3 nitrogen and oxygen atoms in total. The minimum absolute atomic E-state index is 0.554. The Morgan fingerprint density at radius 3 is 3.27 bits per heavy atom. The molecule has 0 amide bonds. The molecule has 1 aromatic heterocycles. The number of rotatable bonds is 0. The van der Waals surface area contributed by atoms with Gasteiger partial charge in [0.2, 0.25) is 0 Å². The fourth-order valence-electron chi connectivity index (χ4n) is 1.11. The number of hydrogen-bond acceptors (Lipinski definition) is 2. The maximum Gasteiger partial charge on any atom is 0.128 e. The lowest BCUT2D eigenvalue weighted by molar-refractivity contribution is 0.224. The van der Waals surface area contributed by atoms with E-state index in [1.54, 1.807) is 18.5 Å². The zero-order valence-electron chi connectivity index (χ0n) is 5.82. The van der Waals surface area contributed by atoms with E-state index in [9.17, 15) is 0 Å². The Hall–Kier alpha value is -1.69. The van der Waals surface area contributed by atoms with Crippen molar-refractivity contribution < 1.29 is 4.74 Å². The Morgan fingerprint density at radius 2 is 2.45 bits per heavy atom. The smallest absolute Gasteiger partial charge is 0.128 e. The molecule has 0 unspecified atom stereocenters. The summed E-state index contributed by atoms with van der Waals surface area (Å²) in [4.78, 5) is 0. The van der Waals surface area contributed by atoms with Crippen LogP contribution < -0.4 is 0 Å². The van der Waals surface area contributed by atoms with Gasteiger partial charge in [-0.05, 0) is 12.1 Å². The van der Waals surface area contributed by atoms with Crippen molar-refractivity contribution in [2.24, 2.45) is 0 Å². The highest BCUT2D eigenvalue weighted by Gasteiger charge is 2.07. The highest BCUT2D eigenvalue weighted by molar-refractivity contribution is 5.39. The summed E-state index contributed by atoms with van der Waals surface area (Å²) in [5, 5.41) is 8.64. The molecule has 0 saturated heterocycles. The number of aromatic nitrogens is 1. The van der Waals surface area contributed by atoms with Crippen molar-refractivity contribution in [3.8, 4) is 6.07 Å². The van der Waals surface area contributed by atoms with Crippen molar-refractivity contribution in [1.29, 1.82) is 5.26 Å². The quantitative estimate of drug-likeness (QED) is 0.553. The van der Waals surface area contributed by atoms with Gasteiger partial charge in [0, 0.05) is 6.20 Å². The molecule has 0 aliphatic carbocycles. The van der Waals surface area contributed by atoms with Crippen molar-refractivity contribution in [3.63, 3.8) is 0 Å². The first-order valence-electron chi connectivity index (χ1n) is 3.30. The van der Waals surface area contributed by atoms with Crippen LogP contribution in [0.4, 0.5) is 0 Å². The molecule has 0 atom stereocenters. The molecule has 0 radical (unpaired) electrons. The Morgan fingerprint density at radius 1 is 1.55 bits per heavy atom. The number of hydrogen-bond donors (Lipinski definition) is 0. The third-order valence-electron chi connectivity index (χ3n) is 1.65. The number of fused-ring (bicyclic) bond motifs is 1. The Balaban J connectivity index is 2.59. The molecule has 54 valence electrons. The lowest BCUT2D eigenvalue weighted by Crippen LogP contribution is -2.02. The summed E-state index contributed by atoms with van der Waals surface area (Å²) in [5.41, 5.74) is 1.67. The first-order chi connectivity index (χ1) is 5.42. The van der Waals surface area contributed by atoms with E-state index in [4.69, 9.17) is 10.00 Å². The van der Waals surface area contributed by atoms with Crippen molar-refractivity contribution in [3.05, 3.63) is 29.8 Å². The van der Waals surface area contributed by atoms with Gasteiger partial charge in [0.1, 0.15) is 24.6 Å². The van der Waals surface area contributed by atoms with Crippen LogP contribution in [0.2, 0.25) is 0 Å². The molecular weight excluding hydrogens is 140 g/mol. The second kappa shape index (κ2) is 2.17. The molecule has 3 heteroatoms. The van der Waals surface area contributed by atoms with Crippen molar-refractivity contribution in [1.82, 2.24) is 4.57 Å². The Labute approximate surface area is 64.1 Å². The molecule has 2 heterocycles. The van der Waals surface area contributed by atoms with Crippen LogP contribution in [0.1, 0.15) is 11.4 Å². The van der Waals surface area contributed by atoms with Crippen LogP contribution in [-0.4, -0.2) is 4.57 Å². The molecule has 0 spiro atoms. The van der Waals surface area contributed by atoms with Crippen molar-refractivity contribution >= 4 is 6.20 Å². The molecule has 1 aliphatic rings. The molecule has 1 aromatic rings. The monoisotopic (exact) mass is 146 g/mol. The minimum atomic E-state index is 0.554. The summed E-state index contributed by atoms with van der Waals surface area (Å²) in [6, 6.07) is 5.77. The van der Waals surface area contributed by atoms with Crippen molar-refractivity contribution in [2.45, 2.75) is 6.61 Å². The highest BCUT2D eigenvalue weighted by Crippen LogP contribution is 2.13. The number of nitrogens with zero attached hydrogens (tertiary/aromatic N) is 2. The van der Waals surface area contributed by atoms with E-state index in [1.807, 2.05) is 10.6 Å². The Bertz CT molecular complexity index is 343. The van der Waals surface area contributed by atoms with Crippen LogP contribution in [0.25, 0.3) is 6.20 Å². The number of ether oxygens (including phenoxy) is 1. The van der Waals surface area contributed by atoms with E-state index in [0.717, 1.165) is 5.69 Å². The van der Waals surface area contributed by atoms with E-state index in [-0.39, 0.29) is 0 Å². The molecule has 2 rings (SSSR count). The van der Waals surface area contributed by atoms with Gasteiger partial charge in [-0.15, -0.1) is 0 Å². The summed E-state index contributed by atoms with van der Waals surface area (Å²) in [7, 11) is 0. The average Bonchev–Trinajstić information content (AvgIpc) is 2.47. The summed E-state index contributed by atoms with van der Waals surface area (Å²) >= 11 is 0. The predicted molar refractivity (Wildman–Crippen MR) is 39.3 cm³/mol. The van der Waals surface area contributed by atoms with E-state index < -0.39 is 0 Å². The van der Waals surface area contributed by atoms with E-state index in [2.05, 4.69) is 6.07 Å². The Kier molecular flexibility index (Phi) is 1.19. The largest absolute Gasteiger partial charge is 0.493 e. The molecular formula is C8H6N2O. The molecule has 0 bridgehead atoms. The van der Waals surface area contributed by atoms with Gasteiger partial charge in [-0.3, -0.25) is 0 Å². The van der Waals surface area contributed by atoms with Gasteiger partial charge in [-0.2, -0.15) is 5.26 Å². The van der Waals surface area contributed by atoms with Crippen LogP contribution >= 0.6 is 0 Å². The van der Waals surface area contributed by atoms with E-state index in [1.165, 1.54) is 0 Å². The lowest BCUT2D eigenvalue weighted by atomic mass is 10.4. The normalized spacial score (nSPS) is 13.4. The lowest BCUT2D eigenvalue weighted by Gasteiger charge is -2.09. The molecule has 0 fully saturated rings. The van der Waals surface area contributed by atoms with Gasteiger partial charge in [0.15, 0.2) is 0 Å². The molecule has 1 aliphatic heterocycles. The first-order valence-corrected chi connectivity index (χ1v) is 3.30. The van der Waals surface area contributed by atoms with E-state index >= 15 is 0 Å². The zero-order chi connectivity index (χ0) is 7.68. The van der Waals surface area contributed by atoms with Gasteiger partial charge in [-0.1, -0.05) is 0 Å². The second-order valence-electron chi connectivity index (χ2n) is 2.29. The second-order valence-corrected chi connectivity index (χ2v) is 2.29. The molecule has 0 aromatic carbocycles.